The lowest BCUT2D eigenvalue weighted by Crippen LogP contribution is -2.29. The van der Waals surface area contributed by atoms with Gasteiger partial charge in [0.2, 0.25) is 0 Å². The van der Waals surface area contributed by atoms with E-state index in [2.05, 4.69) is 0 Å². The van der Waals surface area contributed by atoms with E-state index in [9.17, 15) is 29.6 Å². The Morgan fingerprint density at radius 1 is 0.793 bits per heavy atom. The third kappa shape index (κ3) is 3.02. The van der Waals surface area contributed by atoms with Crippen LogP contribution in [0.15, 0.2) is 66.7 Å². The van der Waals surface area contributed by atoms with Crippen LogP contribution in [0.5, 0.6) is 0 Å². The summed E-state index contributed by atoms with van der Waals surface area (Å²) < 4.78 is 0. The third-order valence-electron chi connectivity index (χ3n) is 4.66. The van der Waals surface area contributed by atoms with Gasteiger partial charge in [-0.3, -0.25) is 19.7 Å². The second kappa shape index (κ2) is 6.68. The van der Waals surface area contributed by atoms with Gasteiger partial charge in [-0.05, 0) is 53.1 Å². The van der Waals surface area contributed by atoms with Crippen molar-refractivity contribution in [2.75, 3.05) is 4.90 Å². The van der Waals surface area contributed by atoms with Crippen LogP contribution in [0.2, 0.25) is 0 Å². The number of imide groups is 1. The summed E-state index contributed by atoms with van der Waals surface area (Å²) in [6.07, 6.45) is 0. The molecule has 8 nitrogen and oxygen atoms in total. The number of aromatic carboxylic acids is 1. The van der Waals surface area contributed by atoms with Crippen LogP contribution < -0.4 is 10.0 Å². The van der Waals surface area contributed by atoms with E-state index in [-0.39, 0.29) is 22.4 Å². The van der Waals surface area contributed by atoms with Crippen molar-refractivity contribution in [3.63, 3.8) is 0 Å². The molecule has 1 heterocycles. The van der Waals surface area contributed by atoms with Gasteiger partial charge in [-0.25, -0.2) is 4.90 Å². The number of carbonyl (C=O) groups is 3. The normalized spacial score (nSPS) is 12.8. The number of fused-ring (bicyclic) bond motifs is 1. The second-order valence-corrected chi connectivity index (χ2v) is 6.34. The number of hydrogen-bond acceptors (Lipinski definition) is 6. The maximum atomic E-state index is 12.7. The smallest absolute Gasteiger partial charge is 0.269 e. The minimum atomic E-state index is -1.43. The molecule has 0 unspecified atom stereocenters. The number of nitro groups is 1. The van der Waals surface area contributed by atoms with Gasteiger partial charge in [-0.2, -0.15) is 0 Å². The van der Waals surface area contributed by atoms with E-state index in [1.807, 2.05) is 0 Å². The summed E-state index contributed by atoms with van der Waals surface area (Å²) in [7, 11) is 0. The molecule has 0 fully saturated rings. The summed E-state index contributed by atoms with van der Waals surface area (Å²) in [4.78, 5) is 47.5. The number of rotatable bonds is 4. The highest BCUT2D eigenvalue weighted by Crippen LogP contribution is 2.31. The summed E-state index contributed by atoms with van der Waals surface area (Å²) in [5.41, 5.74) is 1.75. The molecule has 29 heavy (non-hydrogen) atoms. The van der Waals surface area contributed by atoms with Crippen molar-refractivity contribution < 1.29 is 24.4 Å². The van der Waals surface area contributed by atoms with Crippen LogP contribution in [-0.4, -0.2) is 22.7 Å². The molecule has 0 aliphatic carbocycles. The summed E-state index contributed by atoms with van der Waals surface area (Å²) in [6, 6.07) is 16.2. The highest BCUT2D eigenvalue weighted by molar-refractivity contribution is 6.34. The minimum absolute atomic E-state index is 0.0103. The van der Waals surface area contributed by atoms with Gasteiger partial charge in [0.25, 0.3) is 17.5 Å². The van der Waals surface area contributed by atoms with Gasteiger partial charge in [-0.1, -0.05) is 18.2 Å². The lowest BCUT2D eigenvalue weighted by atomic mass is 10.0. The van der Waals surface area contributed by atoms with Crippen LogP contribution in [-0.2, 0) is 0 Å². The molecule has 2 amide bonds. The first-order chi connectivity index (χ1) is 13.9. The number of carbonyl (C=O) groups excluding carboxylic acids is 3. The molecule has 0 N–H and O–H groups in total. The van der Waals surface area contributed by atoms with Gasteiger partial charge in [0.15, 0.2) is 0 Å². The molecule has 3 aromatic carbocycles. The zero-order chi connectivity index (χ0) is 20.7. The van der Waals surface area contributed by atoms with Crippen molar-refractivity contribution in [3.8, 4) is 11.1 Å². The zero-order valence-electron chi connectivity index (χ0n) is 14.7. The first kappa shape index (κ1) is 18.1. The fraction of sp³-hybridized carbons (Fsp3) is 0. The Morgan fingerprint density at radius 2 is 1.34 bits per heavy atom. The van der Waals surface area contributed by atoms with Crippen molar-refractivity contribution in [3.05, 3.63) is 93.5 Å². The average molecular weight is 387 g/mol. The van der Waals surface area contributed by atoms with Gasteiger partial charge in [0.1, 0.15) is 0 Å². The number of non-ortho nitro benzene ring substituents is 1. The van der Waals surface area contributed by atoms with Crippen molar-refractivity contribution >= 4 is 29.2 Å². The lowest BCUT2D eigenvalue weighted by molar-refractivity contribution is -0.384. The Hall–Kier alpha value is -4.33. The lowest BCUT2D eigenvalue weighted by Gasteiger charge is -2.14. The minimum Gasteiger partial charge on any atom is -0.545 e. The molecule has 0 bridgehead atoms. The Labute approximate surface area is 163 Å². The molecular weight excluding hydrogens is 376 g/mol. The number of benzene rings is 3. The van der Waals surface area contributed by atoms with Crippen molar-refractivity contribution in [1.29, 1.82) is 0 Å². The third-order valence-corrected chi connectivity index (χ3v) is 4.66. The number of nitrogens with zero attached hydrogens (tertiary/aromatic N) is 2. The molecule has 142 valence electrons. The van der Waals surface area contributed by atoms with Gasteiger partial charge >= 0.3 is 0 Å². The number of amides is 2. The van der Waals surface area contributed by atoms with Crippen LogP contribution >= 0.6 is 0 Å². The molecule has 1 aliphatic rings. The first-order valence-corrected chi connectivity index (χ1v) is 8.46. The topological polar surface area (TPSA) is 121 Å². The Morgan fingerprint density at radius 3 is 1.90 bits per heavy atom. The van der Waals surface area contributed by atoms with E-state index < -0.39 is 22.7 Å². The Bertz CT molecular complexity index is 1180. The molecule has 0 radical (unpaired) electrons. The molecule has 0 atom stereocenters. The Balaban J connectivity index is 1.64. The summed E-state index contributed by atoms with van der Waals surface area (Å²) in [6.45, 7) is 0. The second-order valence-electron chi connectivity index (χ2n) is 6.34. The van der Waals surface area contributed by atoms with E-state index in [4.69, 9.17) is 0 Å². The molecule has 0 saturated heterocycles. The number of nitro benzene ring substituents is 1. The van der Waals surface area contributed by atoms with E-state index in [0.717, 1.165) is 22.1 Å². The van der Waals surface area contributed by atoms with E-state index >= 15 is 0 Å². The van der Waals surface area contributed by atoms with Crippen LogP contribution in [0.1, 0.15) is 31.1 Å². The SMILES string of the molecule is O=C([O-])c1ccc2c(c1)C(=O)N(c1ccc(-c3ccc([N+](=O)[O-])cc3)cc1)C2=O. The van der Waals surface area contributed by atoms with E-state index in [0.29, 0.717) is 5.69 Å². The van der Waals surface area contributed by atoms with Gasteiger partial charge < -0.3 is 9.90 Å². The van der Waals surface area contributed by atoms with Gasteiger partial charge in [0, 0.05) is 12.1 Å². The van der Waals surface area contributed by atoms with Crippen LogP contribution in [0, 0.1) is 10.1 Å². The largest absolute Gasteiger partial charge is 0.545 e. The predicted octanol–water partition coefficient (Wildman–Crippen LogP) is 2.43. The molecular formula is C21H11N2O6-. The predicted molar refractivity (Wildman–Crippen MR) is 100 cm³/mol. The maximum absolute atomic E-state index is 12.7. The number of hydrogen-bond donors (Lipinski definition) is 0. The molecule has 0 spiro atoms. The highest BCUT2D eigenvalue weighted by atomic mass is 16.6. The van der Waals surface area contributed by atoms with Crippen LogP contribution in [0.4, 0.5) is 11.4 Å². The standard InChI is InChI=1S/C21H12N2O6/c24-19-17-10-5-14(21(26)27)11-18(17)20(25)22(19)15-6-1-12(2-7-15)13-3-8-16(9-4-13)23(28)29/h1-11H,(H,26,27)/p-1. The summed E-state index contributed by atoms with van der Waals surface area (Å²) in [5, 5.41) is 21.8. The van der Waals surface area contributed by atoms with Crippen molar-refractivity contribution in [1.82, 2.24) is 0 Å². The number of carboxylic acids is 1. The summed E-state index contributed by atoms with van der Waals surface area (Å²) >= 11 is 0. The maximum Gasteiger partial charge on any atom is 0.269 e. The molecule has 8 heteroatoms. The van der Waals surface area contributed by atoms with Gasteiger partial charge in [-0.15, -0.1) is 0 Å². The van der Waals surface area contributed by atoms with Crippen LogP contribution in [0.25, 0.3) is 11.1 Å². The number of carboxylic acid groups (broad SMARTS) is 1. The molecule has 0 aromatic heterocycles. The monoisotopic (exact) mass is 387 g/mol. The average Bonchev–Trinajstić information content (AvgIpc) is 2.98. The van der Waals surface area contributed by atoms with Crippen molar-refractivity contribution in [2.45, 2.75) is 0 Å². The highest BCUT2D eigenvalue weighted by Gasteiger charge is 2.36. The summed E-state index contributed by atoms with van der Waals surface area (Å²) in [5.74, 6) is -2.59. The number of anilines is 1. The fourth-order valence-corrected chi connectivity index (χ4v) is 3.18. The van der Waals surface area contributed by atoms with Gasteiger partial charge in [0.05, 0.1) is 27.7 Å². The van der Waals surface area contributed by atoms with Crippen molar-refractivity contribution in [2.24, 2.45) is 0 Å². The quantitative estimate of drug-likeness (QED) is 0.385. The molecule has 4 rings (SSSR count). The fourth-order valence-electron chi connectivity index (χ4n) is 3.18. The van der Waals surface area contributed by atoms with E-state index in [1.165, 1.54) is 24.3 Å². The molecule has 0 saturated carbocycles. The Kier molecular flexibility index (Phi) is 4.16. The molecule has 3 aromatic rings. The van der Waals surface area contributed by atoms with Crippen LogP contribution in [0.3, 0.4) is 0 Å². The molecule has 1 aliphatic heterocycles. The zero-order valence-corrected chi connectivity index (χ0v) is 14.7. The first-order valence-electron chi connectivity index (χ1n) is 8.46. The van der Waals surface area contributed by atoms with E-state index in [1.54, 1.807) is 36.4 Å².